The first kappa shape index (κ1) is 20.9. The number of methoxy groups -OCH3 is 1. The van der Waals surface area contributed by atoms with Crippen molar-refractivity contribution in [1.29, 1.82) is 0 Å². The number of esters is 1. The van der Waals surface area contributed by atoms with Gasteiger partial charge in [-0.15, -0.1) is 0 Å². The van der Waals surface area contributed by atoms with Crippen molar-refractivity contribution in [3.05, 3.63) is 24.3 Å². The highest BCUT2D eigenvalue weighted by molar-refractivity contribution is 7.89. The van der Waals surface area contributed by atoms with Gasteiger partial charge in [-0.05, 0) is 52.0 Å². The minimum absolute atomic E-state index is 0.0152. The highest BCUT2D eigenvalue weighted by Gasteiger charge is 2.26. The summed E-state index contributed by atoms with van der Waals surface area (Å²) < 4.78 is 36.7. The van der Waals surface area contributed by atoms with Crippen LogP contribution in [0.25, 0.3) is 0 Å². The van der Waals surface area contributed by atoms with Crippen LogP contribution in [-0.2, 0) is 24.3 Å². The molecule has 0 aliphatic carbocycles. The average Bonchev–Trinajstić information content (AvgIpc) is 2.53. The van der Waals surface area contributed by atoms with Crippen molar-refractivity contribution in [3.63, 3.8) is 0 Å². The number of ether oxygens (including phenoxy) is 2. The number of hydrogen-bond donors (Lipinski definition) is 2. The quantitative estimate of drug-likeness (QED) is 0.654. The van der Waals surface area contributed by atoms with Crippen LogP contribution in [0.1, 0.15) is 27.7 Å². The summed E-state index contributed by atoms with van der Waals surface area (Å²) in [5.41, 5.74) is 0. The van der Waals surface area contributed by atoms with E-state index in [2.05, 4.69) is 10.0 Å². The molecule has 0 saturated heterocycles. The Morgan fingerprint density at radius 1 is 1.04 bits per heavy atom. The van der Waals surface area contributed by atoms with Crippen molar-refractivity contribution in [2.24, 2.45) is 0 Å². The summed E-state index contributed by atoms with van der Waals surface area (Å²) in [7, 11) is -2.44. The van der Waals surface area contributed by atoms with E-state index in [-0.39, 0.29) is 10.9 Å². The Kier molecular flexibility index (Phi) is 7.38. The summed E-state index contributed by atoms with van der Waals surface area (Å²) in [5.74, 6) is -0.784. The maximum absolute atomic E-state index is 12.3. The molecule has 25 heavy (non-hydrogen) atoms. The first-order chi connectivity index (χ1) is 11.6. The zero-order valence-electron chi connectivity index (χ0n) is 14.9. The lowest BCUT2D eigenvalue weighted by Gasteiger charge is -2.18. The van der Waals surface area contributed by atoms with Crippen LogP contribution in [0.5, 0.6) is 5.75 Å². The standard InChI is InChI=1S/C16H24N2O6S/c1-10(2)17-15(19)12(4)24-16(20)11(3)18-25(21,22)14-8-6-13(23-5)7-9-14/h6-12,18H,1-5H3,(H,17,19)/t11-,12?/m0/s1. The normalized spacial score (nSPS) is 13.8. The topological polar surface area (TPSA) is 111 Å². The summed E-state index contributed by atoms with van der Waals surface area (Å²) in [6, 6.07) is 4.46. The molecule has 0 aliphatic heterocycles. The summed E-state index contributed by atoms with van der Waals surface area (Å²) in [4.78, 5) is 23.7. The summed E-state index contributed by atoms with van der Waals surface area (Å²) >= 11 is 0. The molecule has 2 atom stereocenters. The molecule has 0 bridgehead atoms. The van der Waals surface area contributed by atoms with E-state index in [1.165, 1.54) is 45.2 Å². The highest BCUT2D eigenvalue weighted by Crippen LogP contribution is 2.15. The molecule has 2 N–H and O–H groups in total. The third kappa shape index (κ3) is 6.35. The second-order valence-electron chi connectivity index (χ2n) is 5.76. The molecule has 1 aromatic rings. The van der Waals surface area contributed by atoms with Gasteiger partial charge in [0.15, 0.2) is 6.10 Å². The smallest absolute Gasteiger partial charge is 0.324 e. The molecule has 1 rings (SSSR count). The van der Waals surface area contributed by atoms with Gasteiger partial charge in [-0.1, -0.05) is 0 Å². The molecule has 0 spiro atoms. The Bertz CT molecular complexity index is 700. The lowest BCUT2D eigenvalue weighted by molar-refractivity contribution is -0.156. The molecular formula is C16H24N2O6S. The molecule has 1 aromatic carbocycles. The van der Waals surface area contributed by atoms with Crippen molar-refractivity contribution in [1.82, 2.24) is 10.0 Å². The molecule has 8 nitrogen and oxygen atoms in total. The van der Waals surface area contributed by atoms with Crippen LogP contribution in [0.15, 0.2) is 29.2 Å². The van der Waals surface area contributed by atoms with E-state index < -0.39 is 34.0 Å². The number of benzene rings is 1. The van der Waals surface area contributed by atoms with E-state index in [1.807, 2.05) is 0 Å². The first-order valence-corrected chi connectivity index (χ1v) is 9.22. The molecule has 140 valence electrons. The predicted octanol–water partition coefficient (Wildman–Crippen LogP) is 0.818. The van der Waals surface area contributed by atoms with Crippen LogP contribution in [0.4, 0.5) is 0 Å². The molecule has 1 amide bonds. The third-order valence-corrected chi connectivity index (χ3v) is 4.70. The largest absolute Gasteiger partial charge is 0.497 e. The summed E-state index contributed by atoms with van der Waals surface area (Å²) in [6.45, 7) is 6.31. The monoisotopic (exact) mass is 372 g/mol. The molecule has 0 radical (unpaired) electrons. The fraction of sp³-hybridized carbons (Fsp3) is 0.500. The van der Waals surface area contributed by atoms with Crippen LogP contribution in [0.3, 0.4) is 0 Å². The van der Waals surface area contributed by atoms with Crippen molar-refractivity contribution in [2.45, 2.75) is 50.8 Å². The van der Waals surface area contributed by atoms with E-state index in [4.69, 9.17) is 9.47 Å². The van der Waals surface area contributed by atoms with Crippen LogP contribution in [0.2, 0.25) is 0 Å². The molecule has 0 fully saturated rings. The maximum atomic E-state index is 12.3. The Labute approximate surface area is 147 Å². The number of carbonyl (C=O) groups is 2. The van der Waals surface area contributed by atoms with Crippen molar-refractivity contribution >= 4 is 21.9 Å². The lowest BCUT2D eigenvalue weighted by atomic mass is 10.3. The maximum Gasteiger partial charge on any atom is 0.324 e. The number of amides is 1. The highest BCUT2D eigenvalue weighted by atomic mass is 32.2. The van der Waals surface area contributed by atoms with Gasteiger partial charge < -0.3 is 14.8 Å². The Morgan fingerprint density at radius 2 is 1.60 bits per heavy atom. The van der Waals surface area contributed by atoms with Gasteiger partial charge in [0.25, 0.3) is 5.91 Å². The van der Waals surface area contributed by atoms with Gasteiger partial charge in [0.1, 0.15) is 11.8 Å². The minimum atomic E-state index is -3.91. The van der Waals surface area contributed by atoms with Crippen molar-refractivity contribution in [3.8, 4) is 5.75 Å². The number of rotatable bonds is 8. The number of nitrogens with one attached hydrogen (secondary N) is 2. The molecular weight excluding hydrogens is 348 g/mol. The Hall–Kier alpha value is -2.13. The Morgan fingerprint density at radius 3 is 2.08 bits per heavy atom. The number of carbonyl (C=O) groups excluding carboxylic acids is 2. The van der Waals surface area contributed by atoms with Crippen LogP contribution in [-0.4, -0.2) is 45.6 Å². The summed E-state index contributed by atoms with van der Waals surface area (Å²) in [5, 5.41) is 2.61. The number of hydrogen-bond acceptors (Lipinski definition) is 6. The van der Waals surface area contributed by atoms with E-state index in [0.717, 1.165) is 0 Å². The van der Waals surface area contributed by atoms with Gasteiger partial charge in [-0.3, -0.25) is 9.59 Å². The predicted molar refractivity (Wildman–Crippen MR) is 91.6 cm³/mol. The van der Waals surface area contributed by atoms with Gasteiger partial charge >= 0.3 is 5.97 Å². The zero-order chi connectivity index (χ0) is 19.2. The molecule has 9 heteroatoms. The van der Waals surface area contributed by atoms with Crippen molar-refractivity contribution < 1.29 is 27.5 Å². The van der Waals surface area contributed by atoms with E-state index >= 15 is 0 Å². The molecule has 1 unspecified atom stereocenters. The average molecular weight is 372 g/mol. The second kappa shape index (κ2) is 8.82. The molecule has 0 aromatic heterocycles. The lowest BCUT2D eigenvalue weighted by Crippen LogP contribution is -2.44. The minimum Gasteiger partial charge on any atom is -0.497 e. The fourth-order valence-electron chi connectivity index (χ4n) is 1.84. The van der Waals surface area contributed by atoms with Crippen molar-refractivity contribution in [2.75, 3.05) is 7.11 Å². The summed E-state index contributed by atoms with van der Waals surface area (Å²) in [6.07, 6.45) is -1.03. The van der Waals surface area contributed by atoms with E-state index in [1.54, 1.807) is 13.8 Å². The van der Waals surface area contributed by atoms with Gasteiger partial charge in [-0.25, -0.2) is 8.42 Å². The number of sulfonamides is 1. The van der Waals surface area contributed by atoms with Gasteiger partial charge in [0, 0.05) is 6.04 Å². The van der Waals surface area contributed by atoms with Gasteiger partial charge in [0.05, 0.1) is 12.0 Å². The SMILES string of the molecule is COc1ccc(S(=O)(=O)N[C@@H](C)C(=O)OC(C)C(=O)NC(C)C)cc1. The van der Waals surface area contributed by atoms with E-state index in [9.17, 15) is 18.0 Å². The Balaban J connectivity index is 2.70. The third-order valence-electron chi connectivity index (χ3n) is 3.15. The van der Waals surface area contributed by atoms with E-state index in [0.29, 0.717) is 5.75 Å². The van der Waals surface area contributed by atoms with Crippen LogP contribution >= 0.6 is 0 Å². The molecule has 0 saturated carbocycles. The fourth-order valence-corrected chi connectivity index (χ4v) is 3.03. The molecule has 0 heterocycles. The van der Waals surface area contributed by atoms with Gasteiger partial charge in [0.2, 0.25) is 10.0 Å². The first-order valence-electron chi connectivity index (χ1n) is 7.74. The van der Waals surface area contributed by atoms with Crippen LogP contribution in [0, 0.1) is 0 Å². The van der Waals surface area contributed by atoms with Gasteiger partial charge in [-0.2, -0.15) is 4.72 Å². The second-order valence-corrected chi connectivity index (χ2v) is 7.47. The van der Waals surface area contributed by atoms with Crippen LogP contribution < -0.4 is 14.8 Å². The zero-order valence-corrected chi connectivity index (χ0v) is 15.7. The molecule has 0 aliphatic rings.